The lowest BCUT2D eigenvalue weighted by molar-refractivity contribution is -0.127. The van der Waals surface area contributed by atoms with Crippen LogP contribution in [0.4, 0.5) is 0 Å². The molecule has 1 fully saturated rings. The van der Waals surface area contributed by atoms with Crippen molar-refractivity contribution in [2.75, 3.05) is 53.6 Å². The number of likely N-dealkylation sites (N-methyl/N-ethyl adjacent to an activating group) is 1. The van der Waals surface area contributed by atoms with Crippen LogP contribution in [-0.2, 0) is 20.7 Å². The summed E-state index contributed by atoms with van der Waals surface area (Å²) >= 11 is 1.75. The first kappa shape index (κ1) is 21.7. The van der Waals surface area contributed by atoms with Gasteiger partial charge in [0.25, 0.3) is 0 Å². The summed E-state index contributed by atoms with van der Waals surface area (Å²) in [6.07, 6.45) is 4.32. The SMILES string of the molecule is CN(C)C(=O)CN=C(NCCCOCC1CCCO1)NCCc1cccs1. The maximum absolute atomic E-state index is 11.8. The van der Waals surface area contributed by atoms with Crippen molar-refractivity contribution < 1.29 is 14.3 Å². The highest BCUT2D eigenvalue weighted by Crippen LogP contribution is 2.11. The summed E-state index contributed by atoms with van der Waals surface area (Å²) in [4.78, 5) is 19.0. The van der Waals surface area contributed by atoms with Crippen LogP contribution in [0.25, 0.3) is 0 Å². The molecule has 1 saturated heterocycles. The van der Waals surface area contributed by atoms with E-state index in [1.165, 1.54) is 4.88 Å². The van der Waals surface area contributed by atoms with Gasteiger partial charge in [0.2, 0.25) is 5.91 Å². The van der Waals surface area contributed by atoms with Crippen LogP contribution in [0, 0.1) is 0 Å². The van der Waals surface area contributed by atoms with Crippen molar-refractivity contribution in [3.05, 3.63) is 22.4 Å². The zero-order valence-corrected chi connectivity index (χ0v) is 17.2. The summed E-state index contributed by atoms with van der Waals surface area (Å²) in [5.41, 5.74) is 0. The summed E-state index contributed by atoms with van der Waals surface area (Å²) < 4.78 is 11.2. The zero-order valence-electron chi connectivity index (χ0n) is 16.4. The Morgan fingerprint density at radius 3 is 2.96 bits per heavy atom. The van der Waals surface area contributed by atoms with E-state index in [1.54, 1.807) is 30.3 Å². The molecule has 0 radical (unpaired) electrons. The maximum atomic E-state index is 11.8. The van der Waals surface area contributed by atoms with Crippen LogP contribution in [0.15, 0.2) is 22.5 Å². The number of hydrogen-bond donors (Lipinski definition) is 2. The Morgan fingerprint density at radius 2 is 2.26 bits per heavy atom. The van der Waals surface area contributed by atoms with Gasteiger partial charge in [-0.1, -0.05) is 6.07 Å². The predicted octanol–water partition coefficient (Wildman–Crippen LogP) is 1.50. The molecule has 8 heteroatoms. The standard InChI is InChI=1S/C19H32N4O3S/c1-23(2)18(24)14-22-19(21-10-8-17-7-4-13-27-17)20-9-5-11-25-15-16-6-3-12-26-16/h4,7,13,16H,3,5-6,8-12,14-15H2,1-2H3,(H2,20,21,22). The molecule has 7 nitrogen and oxygen atoms in total. The van der Waals surface area contributed by atoms with Crippen LogP contribution in [0.1, 0.15) is 24.1 Å². The first-order valence-corrected chi connectivity index (χ1v) is 10.5. The third-order valence-electron chi connectivity index (χ3n) is 4.20. The highest BCUT2D eigenvalue weighted by molar-refractivity contribution is 7.09. The number of ether oxygens (including phenoxy) is 2. The van der Waals surface area contributed by atoms with E-state index < -0.39 is 0 Å². The van der Waals surface area contributed by atoms with E-state index in [2.05, 4.69) is 33.1 Å². The molecular weight excluding hydrogens is 364 g/mol. The first-order valence-electron chi connectivity index (χ1n) is 9.59. The highest BCUT2D eigenvalue weighted by atomic mass is 32.1. The average molecular weight is 397 g/mol. The van der Waals surface area contributed by atoms with Gasteiger partial charge in [0, 0.05) is 45.3 Å². The van der Waals surface area contributed by atoms with Gasteiger partial charge in [-0.2, -0.15) is 0 Å². The molecule has 0 aliphatic carbocycles. The van der Waals surface area contributed by atoms with Gasteiger partial charge < -0.3 is 25.0 Å². The Morgan fingerprint density at radius 1 is 1.41 bits per heavy atom. The van der Waals surface area contributed by atoms with Gasteiger partial charge in [0.15, 0.2) is 5.96 Å². The Bertz CT molecular complexity index is 557. The summed E-state index contributed by atoms with van der Waals surface area (Å²) in [6.45, 7) is 3.88. The maximum Gasteiger partial charge on any atom is 0.243 e. The molecule has 1 aromatic rings. The third kappa shape index (κ3) is 9.21. The highest BCUT2D eigenvalue weighted by Gasteiger charge is 2.14. The monoisotopic (exact) mass is 396 g/mol. The van der Waals surface area contributed by atoms with Crippen molar-refractivity contribution in [3.63, 3.8) is 0 Å². The van der Waals surface area contributed by atoms with Gasteiger partial charge in [0.1, 0.15) is 6.54 Å². The summed E-state index contributed by atoms with van der Waals surface area (Å²) in [5.74, 6) is 0.648. The zero-order chi connectivity index (χ0) is 19.3. The molecular formula is C19H32N4O3S. The number of amides is 1. The third-order valence-corrected chi connectivity index (χ3v) is 5.14. The Hall–Kier alpha value is -1.64. The van der Waals surface area contributed by atoms with Crippen LogP contribution in [0.5, 0.6) is 0 Å². The van der Waals surface area contributed by atoms with E-state index in [9.17, 15) is 4.79 Å². The number of thiophene rings is 1. The number of rotatable bonds is 11. The lowest BCUT2D eigenvalue weighted by Crippen LogP contribution is -2.40. The van der Waals surface area contributed by atoms with Crippen LogP contribution in [-0.4, -0.2) is 76.4 Å². The predicted molar refractivity (Wildman–Crippen MR) is 109 cm³/mol. The van der Waals surface area contributed by atoms with Gasteiger partial charge in [-0.25, -0.2) is 4.99 Å². The second-order valence-corrected chi connectivity index (χ2v) is 7.73. The van der Waals surface area contributed by atoms with E-state index in [-0.39, 0.29) is 18.6 Å². The number of guanidine groups is 1. The van der Waals surface area contributed by atoms with Crippen molar-refractivity contribution in [2.45, 2.75) is 31.8 Å². The van der Waals surface area contributed by atoms with Crippen molar-refractivity contribution in [2.24, 2.45) is 4.99 Å². The van der Waals surface area contributed by atoms with Gasteiger partial charge in [-0.3, -0.25) is 4.79 Å². The van der Waals surface area contributed by atoms with Crippen molar-refractivity contribution >= 4 is 23.2 Å². The number of carbonyl (C=O) groups is 1. The van der Waals surface area contributed by atoms with Crippen LogP contribution in [0.3, 0.4) is 0 Å². The van der Waals surface area contributed by atoms with E-state index in [0.717, 1.165) is 45.4 Å². The molecule has 1 aliphatic rings. The minimum atomic E-state index is -0.0192. The van der Waals surface area contributed by atoms with Gasteiger partial charge in [-0.15, -0.1) is 11.3 Å². The van der Waals surface area contributed by atoms with Crippen LogP contribution in [0.2, 0.25) is 0 Å². The summed E-state index contributed by atoms with van der Waals surface area (Å²) in [7, 11) is 3.47. The molecule has 27 heavy (non-hydrogen) atoms. The van der Waals surface area contributed by atoms with Gasteiger partial charge in [-0.05, 0) is 37.1 Å². The number of nitrogens with one attached hydrogen (secondary N) is 2. The topological polar surface area (TPSA) is 75.2 Å². The van der Waals surface area contributed by atoms with Gasteiger partial charge in [0.05, 0.1) is 12.7 Å². The number of carbonyl (C=O) groups excluding carboxylic acids is 1. The molecule has 0 saturated carbocycles. The second kappa shape index (κ2) is 12.7. The average Bonchev–Trinajstić information content (AvgIpc) is 3.35. The summed E-state index contributed by atoms with van der Waals surface area (Å²) in [6, 6.07) is 4.18. The van der Waals surface area contributed by atoms with E-state index in [4.69, 9.17) is 9.47 Å². The normalized spacial score (nSPS) is 17.1. The molecule has 1 amide bonds. The quantitative estimate of drug-likeness (QED) is 0.337. The van der Waals surface area contributed by atoms with E-state index in [0.29, 0.717) is 19.2 Å². The lowest BCUT2D eigenvalue weighted by Gasteiger charge is -2.14. The molecule has 0 aromatic carbocycles. The Kier molecular flexibility index (Phi) is 10.2. The molecule has 2 rings (SSSR count). The smallest absolute Gasteiger partial charge is 0.243 e. The molecule has 1 atom stereocenters. The summed E-state index contributed by atoms with van der Waals surface area (Å²) in [5, 5.41) is 8.66. The number of nitrogens with zero attached hydrogens (tertiary/aromatic N) is 2. The fourth-order valence-corrected chi connectivity index (χ4v) is 3.30. The fraction of sp³-hybridized carbons (Fsp3) is 0.684. The fourth-order valence-electron chi connectivity index (χ4n) is 2.59. The Labute approximate surface area is 166 Å². The van der Waals surface area contributed by atoms with Crippen molar-refractivity contribution in [1.82, 2.24) is 15.5 Å². The molecule has 2 N–H and O–H groups in total. The van der Waals surface area contributed by atoms with Gasteiger partial charge >= 0.3 is 0 Å². The Balaban J connectivity index is 1.66. The van der Waals surface area contributed by atoms with Crippen LogP contribution < -0.4 is 10.6 Å². The molecule has 2 heterocycles. The molecule has 0 spiro atoms. The largest absolute Gasteiger partial charge is 0.379 e. The number of aliphatic imine (C=N–C) groups is 1. The minimum absolute atomic E-state index is 0.0192. The van der Waals surface area contributed by atoms with E-state index >= 15 is 0 Å². The van der Waals surface area contributed by atoms with Crippen molar-refractivity contribution in [1.29, 1.82) is 0 Å². The lowest BCUT2D eigenvalue weighted by atomic mass is 10.2. The van der Waals surface area contributed by atoms with Crippen molar-refractivity contribution in [3.8, 4) is 0 Å². The molecule has 0 bridgehead atoms. The van der Waals surface area contributed by atoms with E-state index in [1.807, 2.05) is 0 Å². The molecule has 1 unspecified atom stereocenters. The molecule has 1 aromatic heterocycles. The molecule has 152 valence electrons. The molecule has 1 aliphatic heterocycles. The number of hydrogen-bond acceptors (Lipinski definition) is 5. The first-order chi connectivity index (χ1) is 13.1. The second-order valence-electron chi connectivity index (χ2n) is 6.70. The minimum Gasteiger partial charge on any atom is -0.379 e. The van der Waals surface area contributed by atoms with Crippen LogP contribution >= 0.6 is 11.3 Å².